The third-order valence-electron chi connectivity index (χ3n) is 5.47. The monoisotopic (exact) mass is 356 g/mol. The Bertz CT molecular complexity index is 801. The molecule has 0 saturated carbocycles. The summed E-state index contributed by atoms with van der Waals surface area (Å²) in [6.45, 7) is 2.35. The van der Waals surface area contributed by atoms with Crippen molar-refractivity contribution in [3.63, 3.8) is 0 Å². The lowest BCUT2D eigenvalue weighted by Crippen LogP contribution is -2.48. The number of thioether (sulfide) groups is 2. The molecule has 0 N–H and O–H groups in total. The fourth-order valence-electron chi connectivity index (χ4n) is 4.34. The first-order valence-electron chi connectivity index (χ1n) is 9.29. The molecule has 24 heavy (non-hydrogen) atoms. The lowest BCUT2D eigenvalue weighted by Gasteiger charge is -2.22. The van der Waals surface area contributed by atoms with Crippen LogP contribution < -0.4 is 9.13 Å². The SMILES string of the molecule is c1cc2[n+](c(-c3cc4c(c5[n+]3CCCS5)CCCC4)c1)CCCS2. The zero-order valence-corrected chi connectivity index (χ0v) is 15.7. The molecule has 0 fully saturated rings. The average Bonchev–Trinajstić information content (AvgIpc) is 2.67. The normalized spacial score (nSPS) is 19.3. The topological polar surface area (TPSA) is 7.76 Å². The van der Waals surface area contributed by atoms with Crippen LogP contribution in [-0.4, -0.2) is 11.5 Å². The molecule has 0 amide bonds. The van der Waals surface area contributed by atoms with Crippen molar-refractivity contribution in [3.05, 3.63) is 35.4 Å². The van der Waals surface area contributed by atoms with Gasteiger partial charge >= 0.3 is 0 Å². The van der Waals surface area contributed by atoms with E-state index in [1.54, 1.807) is 16.2 Å². The molecule has 4 heterocycles. The van der Waals surface area contributed by atoms with Crippen molar-refractivity contribution in [1.82, 2.24) is 0 Å². The summed E-state index contributed by atoms with van der Waals surface area (Å²) in [5.41, 5.74) is 6.18. The van der Waals surface area contributed by atoms with E-state index in [9.17, 15) is 0 Å². The summed E-state index contributed by atoms with van der Waals surface area (Å²) in [5.74, 6) is 2.54. The van der Waals surface area contributed by atoms with E-state index in [0.717, 1.165) is 6.54 Å². The Balaban J connectivity index is 1.74. The predicted octanol–water partition coefficient (Wildman–Crippen LogP) is 3.80. The van der Waals surface area contributed by atoms with Gasteiger partial charge in [-0.05, 0) is 37.3 Å². The summed E-state index contributed by atoms with van der Waals surface area (Å²) in [7, 11) is 0. The molecule has 2 aromatic heterocycles. The summed E-state index contributed by atoms with van der Waals surface area (Å²) < 4.78 is 5.20. The van der Waals surface area contributed by atoms with E-state index >= 15 is 0 Å². The predicted molar refractivity (Wildman–Crippen MR) is 99.6 cm³/mol. The standard InChI is InChI=1S/C20H24N2S2/c1-2-7-16-15(6-1)14-18(22-11-5-13-24-20(16)22)17-8-3-9-19-21(17)10-4-12-23-19/h3,8-9,14H,1-2,4-7,10-13H2/q+2. The van der Waals surface area contributed by atoms with E-state index in [4.69, 9.17) is 0 Å². The van der Waals surface area contributed by atoms with Gasteiger partial charge in [-0.15, -0.1) is 0 Å². The molecule has 0 saturated heterocycles. The molecule has 0 aromatic carbocycles. The van der Waals surface area contributed by atoms with Crippen molar-refractivity contribution in [2.75, 3.05) is 11.5 Å². The van der Waals surface area contributed by atoms with Crippen LogP contribution in [-0.2, 0) is 25.9 Å². The van der Waals surface area contributed by atoms with E-state index in [-0.39, 0.29) is 0 Å². The van der Waals surface area contributed by atoms with Crippen molar-refractivity contribution < 1.29 is 9.13 Å². The molecule has 4 heteroatoms. The molecule has 0 unspecified atom stereocenters. The van der Waals surface area contributed by atoms with Gasteiger partial charge in [0.15, 0.2) is 13.1 Å². The van der Waals surface area contributed by atoms with Crippen LogP contribution in [0, 0.1) is 0 Å². The van der Waals surface area contributed by atoms with Crippen molar-refractivity contribution in [3.8, 4) is 11.4 Å². The number of aromatic nitrogens is 2. The zero-order valence-electron chi connectivity index (χ0n) is 14.1. The largest absolute Gasteiger partial charge is 0.278 e. The van der Waals surface area contributed by atoms with Gasteiger partial charge in [0.25, 0.3) is 11.4 Å². The quantitative estimate of drug-likeness (QED) is 0.718. The first kappa shape index (κ1) is 15.3. The molecule has 0 atom stereocenters. The Morgan fingerprint density at radius 1 is 0.792 bits per heavy atom. The van der Waals surface area contributed by atoms with Crippen LogP contribution in [0.4, 0.5) is 0 Å². The van der Waals surface area contributed by atoms with Gasteiger partial charge in [-0.1, -0.05) is 23.5 Å². The molecule has 2 aliphatic heterocycles. The van der Waals surface area contributed by atoms with Crippen LogP contribution in [0.15, 0.2) is 34.3 Å². The number of rotatable bonds is 1. The van der Waals surface area contributed by atoms with Crippen LogP contribution in [0.1, 0.15) is 36.8 Å². The van der Waals surface area contributed by atoms with Gasteiger partial charge in [-0.25, -0.2) is 0 Å². The summed E-state index contributed by atoms with van der Waals surface area (Å²) in [4.78, 5) is 0. The minimum atomic E-state index is 1.16. The number of aryl methyl sites for hydroxylation is 1. The highest BCUT2D eigenvalue weighted by molar-refractivity contribution is 7.99. The molecule has 0 radical (unpaired) electrons. The number of nitrogens with zero attached hydrogens (tertiary/aromatic N) is 2. The van der Waals surface area contributed by atoms with Gasteiger partial charge in [-0.2, -0.15) is 9.13 Å². The maximum absolute atomic E-state index is 2.64. The van der Waals surface area contributed by atoms with E-state index in [2.05, 4.69) is 45.2 Å². The highest BCUT2D eigenvalue weighted by Crippen LogP contribution is 2.34. The number of fused-ring (bicyclic) bond motifs is 4. The van der Waals surface area contributed by atoms with Crippen LogP contribution in [0.3, 0.4) is 0 Å². The van der Waals surface area contributed by atoms with E-state index in [1.807, 2.05) is 11.8 Å². The molecule has 3 aliphatic rings. The van der Waals surface area contributed by atoms with Crippen molar-refractivity contribution in [2.24, 2.45) is 0 Å². The maximum atomic E-state index is 2.64. The molecule has 124 valence electrons. The second-order valence-corrected chi connectivity index (χ2v) is 9.20. The van der Waals surface area contributed by atoms with Gasteiger partial charge in [-0.3, -0.25) is 0 Å². The number of pyridine rings is 2. The average molecular weight is 357 g/mol. The Kier molecular flexibility index (Phi) is 4.06. The molecular formula is C20H24N2S2+2. The first-order valence-corrected chi connectivity index (χ1v) is 11.3. The fraction of sp³-hybridized carbons (Fsp3) is 0.500. The van der Waals surface area contributed by atoms with Gasteiger partial charge in [0.1, 0.15) is 0 Å². The van der Waals surface area contributed by atoms with Crippen molar-refractivity contribution >= 4 is 23.5 Å². The Hall–Kier alpha value is -1.00. The third kappa shape index (κ3) is 2.50. The Morgan fingerprint density at radius 2 is 1.62 bits per heavy atom. The summed E-state index contributed by atoms with van der Waals surface area (Å²) in [6.07, 6.45) is 7.86. The molecular weight excluding hydrogens is 332 g/mol. The summed E-state index contributed by atoms with van der Waals surface area (Å²) in [5, 5.41) is 3.02. The molecule has 2 aromatic rings. The molecule has 0 spiro atoms. The minimum absolute atomic E-state index is 1.16. The third-order valence-corrected chi connectivity index (χ3v) is 7.85. The van der Waals surface area contributed by atoms with E-state index in [1.165, 1.54) is 73.0 Å². The minimum Gasteiger partial charge on any atom is -0.181 e. The van der Waals surface area contributed by atoms with Crippen molar-refractivity contribution in [2.45, 2.75) is 61.7 Å². The second-order valence-electron chi connectivity index (χ2n) is 7.00. The number of hydrogen-bond donors (Lipinski definition) is 0. The number of hydrogen-bond acceptors (Lipinski definition) is 2. The molecule has 5 rings (SSSR count). The molecule has 0 bridgehead atoms. The second kappa shape index (κ2) is 6.38. The first-order chi connectivity index (χ1) is 11.9. The van der Waals surface area contributed by atoms with Crippen LogP contribution in [0.5, 0.6) is 0 Å². The zero-order chi connectivity index (χ0) is 15.9. The van der Waals surface area contributed by atoms with E-state index < -0.39 is 0 Å². The van der Waals surface area contributed by atoms with Crippen molar-refractivity contribution in [1.29, 1.82) is 0 Å². The summed E-state index contributed by atoms with van der Waals surface area (Å²) in [6, 6.07) is 9.41. The van der Waals surface area contributed by atoms with E-state index in [0.29, 0.717) is 0 Å². The lowest BCUT2D eigenvalue weighted by atomic mass is 9.92. The van der Waals surface area contributed by atoms with Gasteiger partial charge in [0.2, 0.25) is 10.1 Å². The summed E-state index contributed by atoms with van der Waals surface area (Å²) >= 11 is 4.11. The van der Waals surface area contributed by atoms with Crippen LogP contribution in [0.25, 0.3) is 11.4 Å². The highest BCUT2D eigenvalue weighted by Gasteiger charge is 2.34. The van der Waals surface area contributed by atoms with Gasteiger partial charge in [0, 0.05) is 48.1 Å². The highest BCUT2D eigenvalue weighted by atomic mass is 32.2. The molecule has 2 nitrogen and oxygen atoms in total. The van der Waals surface area contributed by atoms with Crippen LogP contribution >= 0.6 is 23.5 Å². The molecule has 1 aliphatic carbocycles. The maximum Gasteiger partial charge on any atom is 0.278 e. The smallest absolute Gasteiger partial charge is 0.181 e. The Labute approximate surface area is 152 Å². The fourth-order valence-corrected chi connectivity index (χ4v) is 6.56. The van der Waals surface area contributed by atoms with Gasteiger partial charge < -0.3 is 0 Å². The van der Waals surface area contributed by atoms with Gasteiger partial charge in [0.05, 0.1) is 0 Å². The van der Waals surface area contributed by atoms with Crippen LogP contribution in [0.2, 0.25) is 0 Å². The Morgan fingerprint density at radius 3 is 2.58 bits per heavy atom. The lowest BCUT2D eigenvalue weighted by molar-refractivity contribution is -0.752.